The lowest BCUT2D eigenvalue weighted by Crippen LogP contribution is -2.44. The lowest BCUT2D eigenvalue weighted by molar-refractivity contribution is 0.0513. The van der Waals surface area contributed by atoms with Crippen molar-refractivity contribution in [2.45, 2.75) is 30.8 Å². The van der Waals surface area contributed by atoms with Gasteiger partial charge in [0, 0.05) is 23.8 Å². The van der Waals surface area contributed by atoms with Crippen molar-refractivity contribution in [3.05, 3.63) is 48.3 Å². The SMILES string of the molecule is CCSc1ccccc1C(=O)N1CCCC(Oc2ncccn2)C1. The molecular formula is C18H21N3O2S. The molecule has 3 rings (SSSR count). The molecule has 0 N–H and O–H groups in total. The predicted octanol–water partition coefficient (Wildman–Crippen LogP) is 3.27. The van der Waals surface area contributed by atoms with Crippen LogP contribution in [-0.2, 0) is 0 Å². The Morgan fingerprint density at radius 1 is 1.29 bits per heavy atom. The first-order valence-electron chi connectivity index (χ1n) is 8.22. The fourth-order valence-corrected chi connectivity index (χ4v) is 3.61. The Balaban J connectivity index is 1.69. The minimum absolute atomic E-state index is 0.0592. The van der Waals surface area contributed by atoms with E-state index < -0.39 is 0 Å². The highest BCUT2D eigenvalue weighted by molar-refractivity contribution is 7.99. The minimum Gasteiger partial charge on any atom is -0.458 e. The predicted molar refractivity (Wildman–Crippen MR) is 94.4 cm³/mol. The van der Waals surface area contributed by atoms with Gasteiger partial charge in [0.2, 0.25) is 0 Å². The van der Waals surface area contributed by atoms with Crippen LogP contribution in [-0.4, -0.2) is 45.7 Å². The highest BCUT2D eigenvalue weighted by atomic mass is 32.2. The van der Waals surface area contributed by atoms with Crippen molar-refractivity contribution in [3.8, 4) is 6.01 Å². The quantitative estimate of drug-likeness (QED) is 0.780. The average molecular weight is 343 g/mol. The highest BCUT2D eigenvalue weighted by Crippen LogP contribution is 2.25. The normalized spacial score (nSPS) is 17.5. The first-order valence-corrected chi connectivity index (χ1v) is 9.21. The van der Waals surface area contributed by atoms with Crippen molar-refractivity contribution in [1.82, 2.24) is 14.9 Å². The molecule has 2 heterocycles. The summed E-state index contributed by atoms with van der Waals surface area (Å²) in [5.41, 5.74) is 0.779. The number of piperidine rings is 1. The van der Waals surface area contributed by atoms with E-state index in [2.05, 4.69) is 16.9 Å². The van der Waals surface area contributed by atoms with Crippen molar-refractivity contribution in [3.63, 3.8) is 0 Å². The summed E-state index contributed by atoms with van der Waals surface area (Å²) in [6.45, 7) is 3.43. The largest absolute Gasteiger partial charge is 0.458 e. The first kappa shape index (κ1) is 16.8. The van der Waals surface area contributed by atoms with Crippen LogP contribution >= 0.6 is 11.8 Å². The number of rotatable bonds is 5. The van der Waals surface area contributed by atoms with Gasteiger partial charge < -0.3 is 9.64 Å². The molecule has 0 bridgehead atoms. The van der Waals surface area contributed by atoms with Crippen LogP contribution in [0.4, 0.5) is 0 Å². The first-order chi connectivity index (χ1) is 11.8. The molecule has 1 amide bonds. The summed E-state index contributed by atoms with van der Waals surface area (Å²) in [6.07, 6.45) is 5.09. The molecule has 1 aliphatic heterocycles. The molecule has 0 aliphatic carbocycles. The fraction of sp³-hybridized carbons (Fsp3) is 0.389. The van der Waals surface area contributed by atoms with E-state index in [4.69, 9.17) is 4.74 Å². The van der Waals surface area contributed by atoms with Crippen molar-refractivity contribution < 1.29 is 9.53 Å². The molecule has 24 heavy (non-hydrogen) atoms. The molecule has 6 heteroatoms. The lowest BCUT2D eigenvalue weighted by atomic mass is 10.1. The second-order valence-corrected chi connectivity index (χ2v) is 6.90. The van der Waals surface area contributed by atoms with Crippen LogP contribution in [0, 0.1) is 0 Å². The van der Waals surface area contributed by atoms with Gasteiger partial charge in [0.1, 0.15) is 6.10 Å². The van der Waals surface area contributed by atoms with E-state index >= 15 is 0 Å². The third-order valence-corrected chi connectivity index (χ3v) is 4.85. The summed E-state index contributed by atoms with van der Waals surface area (Å²) < 4.78 is 5.83. The van der Waals surface area contributed by atoms with Gasteiger partial charge >= 0.3 is 6.01 Å². The maximum Gasteiger partial charge on any atom is 0.316 e. The zero-order chi connectivity index (χ0) is 16.8. The Hall–Kier alpha value is -2.08. The fourth-order valence-electron chi connectivity index (χ4n) is 2.81. The zero-order valence-corrected chi connectivity index (χ0v) is 14.5. The van der Waals surface area contributed by atoms with Gasteiger partial charge in [-0.25, -0.2) is 9.97 Å². The second-order valence-electron chi connectivity index (χ2n) is 5.59. The summed E-state index contributed by atoms with van der Waals surface area (Å²) in [5.74, 6) is 1.02. The van der Waals surface area contributed by atoms with E-state index in [9.17, 15) is 4.79 Å². The van der Waals surface area contributed by atoms with Crippen molar-refractivity contribution >= 4 is 17.7 Å². The van der Waals surface area contributed by atoms with Crippen molar-refractivity contribution in [1.29, 1.82) is 0 Å². The van der Waals surface area contributed by atoms with Gasteiger partial charge in [0.05, 0.1) is 12.1 Å². The molecule has 1 saturated heterocycles. The molecule has 1 unspecified atom stereocenters. The lowest BCUT2D eigenvalue weighted by Gasteiger charge is -2.32. The van der Waals surface area contributed by atoms with Gasteiger partial charge in [-0.15, -0.1) is 11.8 Å². The van der Waals surface area contributed by atoms with Crippen LogP contribution in [0.2, 0.25) is 0 Å². The number of aromatic nitrogens is 2. The van der Waals surface area contributed by atoms with Crippen molar-refractivity contribution in [2.75, 3.05) is 18.8 Å². The molecule has 1 fully saturated rings. The number of carbonyl (C=O) groups is 1. The molecule has 2 aromatic rings. The summed E-state index contributed by atoms with van der Waals surface area (Å²) >= 11 is 1.70. The number of nitrogens with zero attached hydrogens (tertiary/aromatic N) is 3. The summed E-state index contributed by atoms with van der Waals surface area (Å²) in [7, 11) is 0. The van der Waals surface area contributed by atoms with Crippen molar-refractivity contribution in [2.24, 2.45) is 0 Å². The number of amides is 1. The van der Waals surface area contributed by atoms with Crippen LogP contribution < -0.4 is 4.74 Å². The average Bonchev–Trinajstić information content (AvgIpc) is 2.63. The Bertz CT molecular complexity index is 681. The van der Waals surface area contributed by atoms with Gasteiger partial charge in [0.15, 0.2) is 0 Å². The maximum absolute atomic E-state index is 12.9. The number of thioether (sulfide) groups is 1. The Kier molecular flexibility index (Phi) is 5.69. The third kappa shape index (κ3) is 4.06. The van der Waals surface area contributed by atoms with Crippen LogP contribution in [0.3, 0.4) is 0 Å². The standard InChI is InChI=1S/C18H21N3O2S/c1-2-24-16-9-4-3-8-15(16)17(22)21-12-5-7-14(13-21)23-18-19-10-6-11-20-18/h3-4,6,8-11,14H,2,5,7,12-13H2,1H3. The second kappa shape index (κ2) is 8.15. The Morgan fingerprint density at radius 2 is 2.08 bits per heavy atom. The van der Waals surface area contributed by atoms with E-state index in [1.54, 1.807) is 30.2 Å². The number of benzene rings is 1. The van der Waals surface area contributed by atoms with Gasteiger partial charge in [-0.1, -0.05) is 19.1 Å². The topological polar surface area (TPSA) is 55.3 Å². The monoisotopic (exact) mass is 343 g/mol. The van der Waals surface area contributed by atoms with E-state index in [1.807, 2.05) is 29.2 Å². The van der Waals surface area contributed by atoms with Crippen LogP contribution in [0.1, 0.15) is 30.1 Å². The molecule has 0 spiro atoms. The minimum atomic E-state index is -0.0592. The molecule has 1 aliphatic rings. The number of hydrogen-bond acceptors (Lipinski definition) is 5. The van der Waals surface area contributed by atoms with E-state index in [-0.39, 0.29) is 12.0 Å². The molecule has 1 aromatic heterocycles. The molecule has 1 aromatic carbocycles. The van der Waals surface area contributed by atoms with Gasteiger partial charge in [-0.2, -0.15) is 0 Å². The molecule has 0 saturated carbocycles. The number of ether oxygens (including phenoxy) is 1. The Labute approximate surface area is 146 Å². The summed E-state index contributed by atoms with van der Waals surface area (Å²) in [5, 5.41) is 0. The van der Waals surface area contributed by atoms with Crippen LogP contribution in [0.25, 0.3) is 0 Å². The van der Waals surface area contributed by atoms with Gasteiger partial charge in [0.25, 0.3) is 5.91 Å². The summed E-state index contributed by atoms with van der Waals surface area (Å²) in [6, 6.07) is 9.94. The molecular weight excluding hydrogens is 322 g/mol. The molecule has 126 valence electrons. The number of carbonyl (C=O) groups excluding carboxylic acids is 1. The smallest absolute Gasteiger partial charge is 0.316 e. The number of hydrogen-bond donors (Lipinski definition) is 0. The van der Waals surface area contributed by atoms with Crippen LogP contribution in [0.5, 0.6) is 6.01 Å². The van der Waals surface area contributed by atoms with Gasteiger partial charge in [-0.3, -0.25) is 4.79 Å². The zero-order valence-electron chi connectivity index (χ0n) is 13.7. The summed E-state index contributed by atoms with van der Waals surface area (Å²) in [4.78, 5) is 24.0. The third-order valence-electron chi connectivity index (χ3n) is 3.90. The number of likely N-dealkylation sites (tertiary alicyclic amines) is 1. The van der Waals surface area contributed by atoms with E-state index in [0.717, 1.165) is 35.6 Å². The van der Waals surface area contributed by atoms with E-state index in [1.165, 1.54) is 0 Å². The maximum atomic E-state index is 12.9. The Morgan fingerprint density at radius 3 is 2.88 bits per heavy atom. The van der Waals surface area contributed by atoms with E-state index in [0.29, 0.717) is 12.6 Å². The highest BCUT2D eigenvalue weighted by Gasteiger charge is 2.27. The van der Waals surface area contributed by atoms with Crippen LogP contribution in [0.15, 0.2) is 47.6 Å². The van der Waals surface area contributed by atoms with Gasteiger partial charge in [-0.05, 0) is 36.8 Å². The molecule has 1 atom stereocenters. The molecule has 5 nitrogen and oxygen atoms in total. The molecule has 0 radical (unpaired) electrons.